The van der Waals surface area contributed by atoms with Crippen LogP contribution in [0.3, 0.4) is 0 Å². The van der Waals surface area contributed by atoms with Crippen molar-refractivity contribution in [3.63, 3.8) is 0 Å². The Balaban J connectivity index is 0. The average molecular weight is 670 g/mol. The molecule has 1 fully saturated rings. The maximum atomic E-state index is 13.4. The number of hydrogen-bond donors (Lipinski definition) is 3. The van der Waals surface area contributed by atoms with E-state index in [1.165, 1.54) is 4.57 Å². The maximum Gasteiger partial charge on any atom is 1.00 e. The van der Waals surface area contributed by atoms with Crippen LogP contribution < -0.4 is 139 Å². The molecule has 0 bridgehead atoms. The molecule has 1 aliphatic rings. The molecule has 4 N–H and O–H groups in total. The molecular weight excluding hydrogens is 656 g/mol. The van der Waals surface area contributed by atoms with Gasteiger partial charge in [-0.3, -0.25) is 8.88 Å². The first-order chi connectivity index (χ1) is 15.9. The SMILES string of the molecule is [B-]P(=O)(OC[C@H]1O[C@@H](n2cnc3c(N)nc(SC)nc32)[C@H](O)[C@@H]1O)OP(=O)([O-])C(F)(F)P(=O)([O-])[O-].[Na+].[Na+].[Na+].[Na+]. The van der Waals surface area contributed by atoms with Crippen molar-refractivity contribution >= 4 is 59.0 Å². The summed E-state index contributed by atoms with van der Waals surface area (Å²) in [5.74, 6) is 0.00628. The van der Waals surface area contributed by atoms with Crippen LogP contribution in [0.5, 0.6) is 0 Å². The van der Waals surface area contributed by atoms with Crippen LogP contribution in [0.2, 0.25) is 0 Å². The number of aliphatic hydroxyl groups is 2. The van der Waals surface area contributed by atoms with Crippen LogP contribution in [-0.2, 0) is 27.3 Å². The van der Waals surface area contributed by atoms with E-state index in [1.54, 1.807) is 6.26 Å². The maximum absolute atomic E-state index is 13.4. The van der Waals surface area contributed by atoms with E-state index >= 15 is 0 Å². The minimum atomic E-state index is -7.09. The van der Waals surface area contributed by atoms with Gasteiger partial charge in [-0.15, -0.1) is 0 Å². The number of imidazole rings is 1. The molecule has 27 heteroatoms. The number of aromatic nitrogens is 4. The summed E-state index contributed by atoms with van der Waals surface area (Å²) < 4.78 is 75.2. The molecule has 195 valence electrons. The first-order valence-electron chi connectivity index (χ1n) is 8.93. The second kappa shape index (κ2) is 16.5. The number of fused-ring (bicyclic) bond motifs is 1. The molecular formula is C12H14BF2N5Na4O11P3S. The van der Waals surface area contributed by atoms with Crippen LogP contribution in [0.15, 0.2) is 11.5 Å². The molecule has 1 saturated heterocycles. The van der Waals surface area contributed by atoms with Crippen molar-refractivity contribution in [3.8, 4) is 0 Å². The number of nitrogens with zero attached hydrogens (tertiary/aromatic N) is 4. The van der Waals surface area contributed by atoms with Crippen molar-refractivity contribution in [1.29, 1.82) is 0 Å². The number of halogens is 2. The Kier molecular flexibility index (Phi) is 18.7. The molecule has 0 saturated carbocycles. The second-order valence-electron chi connectivity index (χ2n) is 6.89. The molecule has 0 amide bonds. The van der Waals surface area contributed by atoms with Gasteiger partial charge in [-0.1, -0.05) is 11.8 Å². The predicted octanol–water partition coefficient (Wildman–Crippen LogP) is -13.9. The summed E-state index contributed by atoms with van der Waals surface area (Å²) >= 11 is 1.14. The number of thioether (sulfide) groups is 1. The first kappa shape index (κ1) is 44.1. The normalized spacial score (nSPS) is 24.3. The number of anilines is 1. The minimum Gasteiger partial charge on any atom is -0.806 e. The third-order valence-electron chi connectivity index (χ3n) is 4.52. The molecule has 1 aliphatic heterocycles. The third kappa shape index (κ3) is 9.74. The Labute approximate surface area is 313 Å². The molecule has 2 aromatic rings. The molecule has 3 radical (unpaired) electrons. The summed E-state index contributed by atoms with van der Waals surface area (Å²) in [7, 11) is -14.7. The van der Waals surface area contributed by atoms with E-state index in [9.17, 15) is 47.4 Å². The van der Waals surface area contributed by atoms with Crippen molar-refractivity contribution in [3.05, 3.63) is 6.33 Å². The molecule has 16 nitrogen and oxygen atoms in total. The van der Waals surface area contributed by atoms with Gasteiger partial charge in [0.2, 0.25) is 7.60 Å². The zero-order valence-corrected chi connectivity index (χ0v) is 32.6. The van der Waals surface area contributed by atoms with Gasteiger partial charge in [0.05, 0.1) is 20.4 Å². The quantitative estimate of drug-likeness (QED) is 0.0969. The monoisotopic (exact) mass is 670 g/mol. The summed E-state index contributed by atoms with van der Waals surface area (Å²) in [6.07, 6.45) is -3.66. The van der Waals surface area contributed by atoms with Crippen molar-refractivity contribution < 1.29 is 179 Å². The summed E-state index contributed by atoms with van der Waals surface area (Å²) in [6, 6.07) is 0. The van der Waals surface area contributed by atoms with Crippen LogP contribution >= 0.6 is 34.4 Å². The third-order valence-corrected chi connectivity index (χ3v) is 10.1. The Hall–Kier alpha value is 2.99. The Bertz CT molecular complexity index is 1280. The van der Waals surface area contributed by atoms with E-state index in [0.717, 1.165) is 18.1 Å². The number of hydrogen-bond acceptors (Lipinski definition) is 16. The van der Waals surface area contributed by atoms with Gasteiger partial charge in [-0.2, -0.15) is 8.78 Å². The van der Waals surface area contributed by atoms with Crippen LogP contribution in [0.25, 0.3) is 11.2 Å². The topological polar surface area (TPSA) is 258 Å². The van der Waals surface area contributed by atoms with Crippen molar-refractivity contribution in [1.82, 2.24) is 19.5 Å². The largest absolute Gasteiger partial charge is 1.00 e. The van der Waals surface area contributed by atoms with E-state index in [2.05, 4.69) is 23.8 Å². The van der Waals surface area contributed by atoms with Crippen LogP contribution in [0, 0.1) is 0 Å². The van der Waals surface area contributed by atoms with Gasteiger partial charge in [0.1, 0.15) is 23.8 Å². The van der Waals surface area contributed by atoms with E-state index in [0.29, 0.717) is 0 Å². The van der Waals surface area contributed by atoms with Gasteiger partial charge in [0, 0.05) is 7.60 Å². The van der Waals surface area contributed by atoms with Crippen LogP contribution in [0.1, 0.15) is 6.23 Å². The van der Waals surface area contributed by atoms with Crippen molar-refractivity contribution in [2.45, 2.75) is 35.1 Å². The first-order valence-corrected chi connectivity index (χ1v) is 14.9. The Morgan fingerprint density at radius 3 is 2.26 bits per heavy atom. The van der Waals surface area contributed by atoms with Gasteiger partial charge in [0.15, 0.2) is 22.8 Å². The number of ether oxygens (including phenoxy) is 1. The molecule has 6 atom stereocenters. The predicted molar refractivity (Wildman–Crippen MR) is 108 cm³/mol. The molecule has 0 aliphatic carbocycles. The summed E-state index contributed by atoms with van der Waals surface area (Å²) in [5.41, 5.74) is 6.04. The molecule has 3 rings (SSSR count). The second-order valence-corrected chi connectivity index (χ2v) is 13.1. The van der Waals surface area contributed by atoms with E-state index < -0.39 is 59.2 Å². The summed E-state index contributed by atoms with van der Waals surface area (Å²) in [6.45, 7) is -1.10. The van der Waals surface area contributed by atoms with Gasteiger partial charge in [0.25, 0.3) is 0 Å². The summed E-state index contributed by atoms with van der Waals surface area (Å²) in [4.78, 5) is 44.7. The Morgan fingerprint density at radius 2 is 1.74 bits per heavy atom. The zero-order valence-electron chi connectivity index (χ0n) is 21.1. The fourth-order valence-electron chi connectivity index (χ4n) is 2.84. The molecule has 2 aromatic heterocycles. The molecule has 39 heavy (non-hydrogen) atoms. The van der Waals surface area contributed by atoms with Crippen LogP contribution in [-0.4, -0.2) is 73.9 Å². The molecule has 3 heterocycles. The summed E-state index contributed by atoms with van der Waals surface area (Å²) in [5, 5.41) is 14.9. The van der Waals surface area contributed by atoms with Gasteiger partial charge < -0.3 is 61.1 Å². The molecule has 0 aromatic carbocycles. The van der Waals surface area contributed by atoms with Crippen LogP contribution in [0.4, 0.5) is 14.6 Å². The minimum absolute atomic E-state index is 0. The van der Waals surface area contributed by atoms with Crippen molar-refractivity contribution in [2.75, 3.05) is 18.6 Å². The molecule has 2 unspecified atom stereocenters. The number of aliphatic hydroxyl groups excluding tert-OH is 2. The standard InChI is InChI=1S/C12H17BF2N5O11P3S.4Na/c1-35-11-18-8(16)5-9(19-11)20(3-17-5)10-7(22)6(21)4(30-10)2-29-34(13,28)31-33(26,27)12(14,15)32(23,24)25;;;;/h3-4,6-7,10,21-22H,2H2,1H3,(H,26,27)(H2,16,18,19)(H2,23,24,25);;;;/q-1;4*+1/p-3/t4-,6-,7-,10-,34?;;;;/m1..../s1. The average Bonchev–Trinajstić information content (AvgIpc) is 3.26. The fourth-order valence-corrected chi connectivity index (χ4v) is 6.87. The molecule has 0 spiro atoms. The van der Waals surface area contributed by atoms with E-state index in [-0.39, 0.29) is 140 Å². The zero-order chi connectivity index (χ0) is 26.6. The van der Waals surface area contributed by atoms with Gasteiger partial charge >= 0.3 is 124 Å². The number of alkyl halides is 2. The van der Waals surface area contributed by atoms with Gasteiger partial charge in [-0.05, 0) is 6.26 Å². The fraction of sp³-hybridized carbons (Fsp3) is 0.583. The van der Waals surface area contributed by atoms with E-state index in [4.69, 9.17) is 18.0 Å². The Morgan fingerprint density at radius 1 is 1.18 bits per heavy atom. The number of nitrogens with two attached hydrogens (primary N) is 1. The van der Waals surface area contributed by atoms with Gasteiger partial charge in [-0.25, -0.2) is 15.0 Å². The number of rotatable bonds is 9. The van der Waals surface area contributed by atoms with Crippen molar-refractivity contribution in [2.24, 2.45) is 0 Å². The van der Waals surface area contributed by atoms with E-state index in [1.807, 2.05) is 0 Å². The smallest absolute Gasteiger partial charge is 0.806 e. The number of nitrogen functional groups attached to an aromatic ring is 1.